The van der Waals surface area contributed by atoms with Gasteiger partial charge in [0.15, 0.2) is 0 Å². The van der Waals surface area contributed by atoms with E-state index >= 15 is 0 Å². The largest absolute Gasteiger partial charge is 0.480 e. The molecule has 0 aliphatic carbocycles. The SMILES string of the molecule is CCCCN(CCCC)C(=O)NC(C(=O)O)C(C)C. The Hall–Kier alpha value is -1.26. The molecule has 0 saturated carbocycles. The first-order valence-electron chi connectivity index (χ1n) is 7.22. The number of carboxylic acid groups (broad SMARTS) is 1. The molecule has 0 aliphatic rings. The second kappa shape index (κ2) is 9.64. The van der Waals surface area contributed by atoms with Crippen molar-refractivity contribution < 1.29 is 14.7 Å². The number of aliphatic carboxylic acids is 1. The highest BCUT2D eigenvalue weighted by Gasteiger charge is 2.25. The van der Waals surface area contributed by atoms with Gasteiger partial charge in [0.2, 0.25) is 0 Å². The van der Waals surface area contributed by atoms with Crippen molar-refractivity contribution >= 4 is 12.0 Å². The van der Waals surface area contributed by atoms with Gasteiger partial charge in [-0.25, -0.2) is 9.59 Å². The van der Waals surface area contributed by atoms with E-state index in [2.05, 4.69) is 19.2 Å². The van der Waals surface area contributed by atoms with Crippen LogP contribution in [-0.4, -0.2) is 41.1 Å². The van der Waals surface area contributed by atoms with Crippen LogP contribution in [-0.2, 0) is 4.79 Å². The Labute approximate surface area is 116 Å². The van der Waals surface area contributed by atoms with Gasteiger partial charge in [0.1, 0.15) is 6.04 Å². The Morgan fingerprint density at radius 3 is 1.89 bits per heavy atom. The lowest BCUT2D eigenvalue weighted by Crippen LogP contribution is -2.50. The molecule has 0 bridgehead atoms. The lowest BCUT2D eigenvalue weighted by atomic mass is 10.1. The van der Waals surface area contributed by atoms with Gasteiger partial charge >= 0.3 is 12.0 Å². The van der Waals surface area contributed by atoms with Gasteiger partial charge in [0.25, 0.3) is 0 Å². The predicted molar refractivity (Wildman–Crippen MR) is 76.2 cm³/mol. The minimum atomic E-state index is -0.978. The molecule has 0 spiro atoms. The minimum Gasteiger partial charge on any atom is -0.480 e. The maximum absolute atomic E-state index is 12.1. The van der Waals surface area contributed by atoms with E-state index in [9.17, 15) is 9.59 Å². The molecule has 2 N–H and O–H groups in total. The van der Waals surface area contributed by atoms with Crippen LogP contribution in [0.2, 0.25) is 0 Å². The summed E-state index contributed by atoms with van der Waals surface area (Å²) in [5.41, 5.74) is 0. The molecule has 19 heavy (non-hydrogen) atoms. The van der Waals surface area contributed by atoms with Crippen molar-refractivity contribution in [2.75, 3.05) is 13.1 Å². The van der Waals surface area contributed by atoms with E-state index in [1.54, 1.807) is 18.7 Å². The molecule has 1 atom stereocenters. The number of hydrogen-bond donors (Lipinski definition) is 2. The lowest BCUT2D eigenvalue weighted by molar-refractivity contribution is -0.140. The Balaban J connectivity index is 4.54. The van der Waals surface area contributed by atoms with E-state index in [1.807, 2.05) is 0 Å². The third-order valence-electron chi connectivity index (χ3n) is 3.06. The van der Waals surface area contributed by atoms with Crippen LogP contribution in [0.5, 0.6) is 0 Å². The summed E-state index contributed by atoms with van der Waals surface area (Å²) in [4.78, 5) is 24.9. The van der Waals surface area contributed by atoms with Crippen LogP contribution in [0.1, 0.15) is 53.4 Å². The smallest absolute Gasteiger partial charge is 0.326 e. The average Bonchev–Trinajstić information content (AvgIpc) is 2.35. The van der Waals surface area contributed by atoms with Crippen molar-refractivity contribution in [1.82, 2.24) is 10.2 Å². The molecule has 0 radical (unpaired) electrons. The van der Waals surface area contributed by atoms with Crippen LogP contribution in [0.4, 0.5) is 4.79 Å². The first kappa shape index (κ1) is 17.7. The Kier molecular flexibility index (Phi) is 9.00. The molecule has 0 fully saturated rings. The number of urea groups is 1. The Morgan fingerprint density at radius 2 is 1.58 bits per heavy atom. The highest BCUT2D eigenvalue weighted by molar-refractivity contribution is 5.82. The van der Waals surface area contributed by atoms with Gasteiger partial charge in [0.05, 0.1) is 0 Å². The number of carbonyl (C=O) groups is 2. The fraction of sp³-hybridized carbons (Fsp3) is 0.857. The summed E-state index contributed by atoms with van der Waals surface area (Å²) < 4.78 is 0. The summed E-state index contributed by atoms with van der Waals surface area (Å²) in [6, 6.07) is -1.08. The highest BCUT2D eigenvalue weighted by Crippen LogP contribution is 2.05. The molecular weight excluding hydrogens is 244 g/mol. The van der Waals surface area contributed by atoms with Gasteiger partial charge in [-0.2, -0.15) is 0 Å². The maximum Gasteiger partial charge on any atom is 0.326 e. The summed E-state index contributed by atoms with van der Waals surface area (Å²) in [5.74, 6) is -1.10. The molecule has 1 unspecified atom stereocenters. The molecule has 0 aliphatic heterocycles. The van der Waals surface area contributed by atoms with Crippen molar-refractivity contribution in [2.45, 2.75) is 59.4 Å². The van der Waals surface area contributed by atoms with E-state index in [4.69, 9.17) is 5.11 Å². The standard InChI is InChI=1S/C14H28N2O3/c1-5-7-9-16(10-8-6-2)14(19)15-12(11(3)4)13(17)18/h11-12H,5-10H2,1-4H3,(H,15,19)(H,17,18). The van der Waals surface area contributed by atoms with E-state index in [0.29, 0.717) is 13.1 Å². The Bertz CT molecular complexity index is 272. The fourth-order valence-corrected chi connectivity index (χ4v) is 1.75. The number of amides is 2. The number of nitrogens with one attached hydrogen (secondary N) is 1. The van der Waals surface area contributed by atoms with Gasteiger partial charge in [-0.3, -0.25) is 0 Å². The van der Waals surface area contributed by atoms with Gasteiger partial charge in [0, 0.05) is 13.1 Å². The van der Waals surface area contributed by atoms with Gasteiger partial charge in [-0.1, -0.05) is 40.5 Å². The molecule has 2 amide bonds. The zero-order valence-electron chi connectivity index (χ0n) is 12.6. The van der Waals surface area contributed by atoms with Crippen molar-refractivity contribution in [1.29, 1.82) is 0 Å². The van der Waals surface area contributed by atoms with E-state index in [-0.39, 0.29) is 11.9 Å². The summed E-state index contributed by atoms with van der Waals surface area (Å²) in [6.07, 6.45) is 3.91. The molecule has 0 aromatic heterocycles. The zero-order chi connectivity index (χ0) is 14.8. The molecule has 0 rings (SSSR count). The molecule has 0 heterocycles. The third-order valence-corrected chi connectivity index (χ3v) is 3.06. The highest BCUT2D eigenvalue weighted by atomic mass is 16.4. The fourth-order valence-electron chi connectivity index (χ4n) is 1.75. The van der Waals surface area contributed by atoms with Gasteiger partial charge in [-0.05, 0) is 18.8 Å². The molecule has 0 aromatic rings. The van der Waals surface area contributed by atoms with Crippen LogP contribution in [0, 0.1) is 5.92 Å². The second-order valence-electron chi connectivity index (χ2n) is 5.20. The maximum atomic E-state index is 12.1. The monoisotopic (exact) mass is 272 g/mol. The van der Waals surface area contributed by atoms with Crippen LogP contribution in [0.3, 0.4) is 0 Å². The Morgan fingerprint density at radius 1 is 1.11 bits per heavy atom. The number of nitrogens with zero attached hydrogens (tertiary/aromatic N) is 1. The van der Waals surface area contributed by atoms with Crippen LogP contribution in [0.25, 0.3) is 0 Å². The predicted octanol–water partition coefficient (Wildman–Crippen LogP) is 2.71. The number of rotatable bonds is 9. The van der Waals surface area contributed by atoms with Crippen LogP contribution < -0.4 is 5.32 Å². The minimum absolute atomic E-state index is 0.124. The van der Waals surface area contributed by atoms with E-state index < -0.39 is 12.0 Å². The zero-order valence-corrected chi connectivity index (χ0v) is 12.6. The molecule has 0 saturated heterocycles. The number of hydrogen-bond acceptors (Lipinski definition) is 2. The normalized spacial score (nSPS) is 12.3. The first-order valence-corrected chi connectivity index (χ1v) is 7.22. The number of carboxylic acids is 1. The van der Waals surface area contributed by atoms with E-state index in [1.165, 1.54) is 0 Å². The first-order chi connectivity index (χ1) is 8.93. The molecular formula is C14H28N2O3. The van der Waals surface area contributed by atoms with E-state index in [0.717, 1.165) is 25.7 Å². The summed E-state index contributed by atoms with van der Waals surface area (Å²) in [5, 5.41) is 11.7. The number of unbranched alkanes of at least 4 members (excludes halogenated alkanes) is 2. The molecule has 112 valence electrons. The second-order valence-corrected chi connectivity index (χ2v) is 5.20. The summed E-state index contributed by atoms with van der Waals surface area (Å²) >= 11 is 0. The van der Waals surface area contributed by atoms with Crippen molar-refractivity contribution in [3.05, 3.63) is 0 Å². The lowest BCUT2D eigenvalue weighted by Gasteiger charge is -2.26. The molecule has 5 nitrogen and oxygen atoms in total. The summed E-state index contributed by atoms with van der Waals surface area (Å²) in [7, 11) is 0. The van der Waals surface area contributed by atoms with Crippen molar-refractivity contribution in [2.24, 2.45) is 5.92 Å². The third kappa shape index (κ3) is 7.03. The summed E-state index contributed by atoms with van der Waals surface area (Å²) in [6.45, 7) is 9.11. The van der Waals surface area contributed by atoms with Crippen LogP contribution >= 0.6 is 0 Å². The number of carbonyl (C=O) groups excluding carboxylic acids is 1. The van der Waals surface area contributed by atoms with Gasteiger partial charge in [-0.15, -0.1) is 0 Å². The quantitative estimate of drug-likeness (QED) is 0.678. The topological polar surface area (TPSA) is 69.6 Å². The molecule has 5 heteroatoms. The molecule has 0 aromatic carbocycles. The van der Waals surface area contributed by atoms with Crippen LogP contribution in [0.15, 0.2) is 0 Å². The van der Waals surface area contributed by atoms with Crippen molar-refractivity contribution in [3.63, 3.8) is 0 Å². The average molecular weight is 272 g/mol. The van der Waals surface area contributed by atoms with Crippen molar-refractivity contribution in [3.8, 4) is 0 Å². The van der Waals surface area contributed by atoms with Gasteiger partial charge < -0.3 is 15.3 Å².